The van der Waals surface area contributed by atoms with Gasteiger partial charge in [-0.2, -0.15) is 0 Å². The van der Waals surface area contributed by atoms with E-state index in [2.05, 4.69) is 4.52 Å². The summed E-state index contributed by atoms with van der Waals surface area (Å²) in [7, 11) is -3.96. The molecule has 1 aromatic rings. The zero-order valence-electron chi connectivity index (χ0n) is 9.81. The molecule has 0 heterocycles. The van der Waals surface area contributed by atoms with Crippen molar-refractivity contribution < 1.29 is 23.4 Å². The lowest BCUT2D eigenvalue weighted by atomic mass is 10.1. The van der Waals surface area contributed by atoms with Crippen LogP contribution in [0.5, 0.6) is 0 Å². The van der Waals surface area contributed by atoms with Gasteiger partial charge >= 0.3 is 7.82 Å². The van der Waals surface area contributed by atoms with Crippen LogP contribution in [-0.2, 0) is 20.0 Å². The number of benzene rings is 1. The van der Waals surface area contributed by atoms with Crippen LogP contribution in [-0.4, -0.2) is 23.0 Å². The molecule has 1 atom stereocenters. The molecule has 0 radical (unpaired) electrons. The Morgan fingerprint density at radius 2 is 1.94 bits per heavy atom. The highest BCUT2D eigenvalue weighted by atomic mass is 31.2. The second-order valence-corrected chi connectivity index (χ2v) is 4.85. The topological polar surface area (TPSA) is 98.9 Å². The second-order valence-electron chi connectivity index (χ2n) is 3.39. The average molecular weight is 275 g/mol. The van der Waals surface area contributed by atoms with Gasteiger partial charge in [0, 0.05) is 12.1 Å². The summed E-state index contributed by atoms with van der Waals surface area (Å²) >= 11 is 0. The maximum Gasteiger partial charge on any atom is 0.472 e. The van der Waals surface area contributed by atoms with Gasteiger partial charge in [-0.25, -0.2) is 4.57 Å². The molecule has 0 aliphatic heterocycles. The molecule has 0 spiro atoms. The van der Waals surface area contributed by atoms with Gasteiger partial charge < -0.3 is 4.89 Å². The van der Waals surface area contributed by atoms with Crippen molar-refractivity contribution in [1.82, 2.24) is 0 Å². The SMILES string of the molecule is CCOP(=O)(O)OCCc1ccc([N+](=O)[O-])cc1. The van der Waals surface area contributed by atoms with Crippen molar-refractivity contribution in [2.24, 2.45) is 0 Å². The number of hydrogen-bond donors (Lipinski definition) is 1. The Labute approximate surface area is 104 Å². The molecule has 1 rings (SSSR count). The molecule has 1 N–H and O–H groups in total. The van der Waals surface area contributed by atoms with Gasteiger partial charge in [0.1, 0.15) is 0 Å². The van der Waals surface area contributed by atoms with Gasteiger partial charge in [0.25, 0.3) is 5.69 Å². The minimum Gasteiger partial charge on any atom is -0.302 e. The average Bonchev–Trinajstić information content (AvgIpc) is 2.29. The number of phosphoric acid groups is 1. The normalized spacial score (nSPS) is 14.1. The van der Waals surface area contributed by atoms with Crippen LogP contribution in [0.15, 0.2) is 24.3 Å². The Hall–Kier alpha value is -1.27. The Bertz CT molecular complexity index is 446. The van der Waals surface area contributed by atoms with Crippen LogP contribution in [0, 0.1) is 10.1 Å². The summed E-state index contributed by atoms with van der Waals surface area (Å²) in [4.78, 5) is 19.1. The molecule has 0 saturated heterocycles. The molecule has 100 valence electrons. The first-order chi connectivity index (χ1) is 8.44. The second kappa shape index (κ2) is 6.61. The van der Waals surface area contributed by atoms with Crippen LogP contribution in [0.2, 0.25) is 0 Å². The lowest BCUT2D eigenvalue weighted by Crippen LogP contribution is -2.00. The Balaban J connectivity index is 2.45. The smallest absolute Gasteiger partial charge is 0.302 e. The third-order valence-electron chi connectivity index (χ3n) is 2.08. The molecule has 1 unspecified atom stereocenters. The summed E-state index contributed by atoms with van der Waals surface area (Å²) in [6, 6.07) is 5.89. The maximum absolute atomic E-state index is 11.2. The van der Waals surface area contributed by atoms with Gasteiger partial charge in [-0.15, -0.1) is 0 Å². The first-order valence-electron chi connectivity index (χ1n) is 5.30. The van der Waals surface area contributed by atoms with Gasteiger partial charge in [-0.3, -0.25) is 19.2 Å². The maximum atomic E-state index is 11.2. The van der Waals surface area contributed by atoms with E-state index in [0.717, 1.165) is 5.56 Å². The molecule has 0 saturated carbocycles. The fraction of sp³-hybridized carbons (Fsp3) is 0.400. The van der Waals surface area contributed by atoms with Crippen molar-refractivity contribution in [3.63, 3.8) is 0 Å². The number of rotatable bonds is 7. The molecule has 0 fully saturated rings. The highest BCUT2D eigenvalue weighted by Crippen LogP contribution is 2.42. The highest BCUT2D eigenvalue weighted by Gasteiger charge is 2.19. The molecule has 0 aromatic heterocycles. The van der Waals surface area contributed by atoms with Crippen LogP contribution in [0.4, 0.5) is 5.69 Å². The summed E-state index contributed by atoms with van der Waals surface area (Å²) < 4.78 is 20.4. The van der Waals surface area contributed by atoms with E-state index in [9.17, 15) is 14.7 Å². The number of nitro groups is 1. The monoisotopic (exact) mass is 275 g/mol. The van der Waals surface area contributed by atoms with Crippen molar-refractivity contribution in [3.8, 4) is 0 Å². The summed E-state index contributed by atoms with van der Waals surface area (Å²) in [5.74, 6) is 0. The summed E-state index contributed by atoms with van der Waals surface area (Å²) in [6.07, 6.45) is 0.371. The molecule has 0 aliphatic rings. The molecular weight excluding hydrogens is 261 g/mol. The Morgan fingerprint density at radius 1 is 1.33 bits per heavy atom. The molecule has 0 amide bonds. The largest absolute Gasteiger partial charge is 0.472 e. The van der Waals surface area contributed by atoms with Gasteiger partial charge in [-0.05, 0) is 18.9 Å². The van der Waals surface area contributed by atoms with E-state index in [1.807, 2.05) is 0 Å². The third-order valence-corrected chi connectivity index (χ3v) is 3.18. The van der Waals surface area contributed by atoms with E-state index < -0.39 is 12.7 Å². The van der Waals surface area contributed by atoms with E-state index in [-0.39, 0.29) is 18.9 Å². The van der Waals surface area contributed by atoms with Crippen molar-refractivity contribution in [3.05, 3.63) is 39.9 Å². The van der Waals surface area contributed by atoms with Gasteiger partial charge in [-0.1, -0.05) is 12.1 Å². The molecule has 8 heteroatoms. The molecule has 1 aromatic carbocycles. The predicted molar refractivity (Wildman–Crippen MR) is 64.2 cm³/mol. The number of non-ortho nitro benzene ring substituents is 1. The quantitative estimate of drug-likeness (QED) is 0.465. The summed E-state index contributed by atoms with van der Waals surface area (Å²) in [5.41, 5.74) is 0.777. The highest BCUT2D eigenvalue weighted by molar-refractivity contribution is 7.47. The van der Waals surface area contributed by atoms with E-state index in [1.54, 1.807) is 19.1 Å². The van der Waals surface area contributed by atoms with Crippen LogP contribution in [0.1, 0.15) is 12.5 Å². The Morgan fingerprint density at radius 3 is 2.44 bits per heavy atom. The molecular formula is C10H14NO6P. The van der Waals surface area contributed by atoms with Crippen LogP contribution in [0.3, 0.4) is 0 Å². The van der Waals surface area contributed by atoms with Crippen LogP contribution in [0.25, 0.3) is 0 Å². The fourth-order valence-electron chi connectivity index (χ4n) is 1.26. The number of hydrogen-bond acceptors (Lipinski definition) is 5. The first-order valence-corrected chi connectivity index (χ1v) is 6.79. The number of nitro benzene ring substituents is 1. The van der Waals surface area contributed by atoms with E-state index in [4.69, 9.17) is 9.42 Å². The lowest BCUT2D eigenvalue weighted by molar-refractivity contribution is -0.384. The Kier molecular flexibility index (Phi) is 5.43. The molecule has 0 bridgehead atoms. The van der Waals surface area contributed by atoms with E-state index in [1.165, 1.54) is 12.1 Å². The van der Waals surface area contributed by atoms with Gasteiger partial charge in [0.2, 0.25) is 0 Å². The summed E-state index contributed by atoms with van der Waals surface area (Å²) in [6.45, 7) is 1.68. The molecule has 18 heavy (non-hydrogen) atoms. The van der Waals surface area contributed by atoms with E-state index in [0.29, 0.717) is 6.42 Å². The van der Waals surface area contributed by atoms with Crippen molar-refractivity contribution in [1.29, 1.82) is 0 Å². The van der Waals surface area contributed by atoms with Crippen LogP contribution < -0.4 is 0 Å². The number of nitrogens with zero attached hydrogens (tertiary/aromatic N) is 1. The molecule has 0 aliphatic carbocycles. The van der Waals surface area contributed by atoms with E-state index >= 15 is 0 Å². The molecule has 7 nitrogen and oxygen atoms in total. The zero-order valence-corrected chi connectivity index (χ0v) is 10.7. The standard InChI is InChI=1S/C10H14NO6P/c1-2-16-18(14,15)17-8-7-9-3-5-10(6-4-9)11(12)13/h3-6H,2,7-8H2,1H3,(H,14,15). The predicted octanol–water partition coefficient (Wildman–Crippen LogP) is 2.29. The minimum atomic E-state index is -3.96. The minimum absolute atomic E-state index is 0.00168. The third kappa shape index (κ3) is 4.93. The van der Waals surface area contributed by atoms with Crippen molar-refractivity contribution in [2.45, 2.75) is 13.3 Å². The van der Waals surface area contributed by atoms with Crippen molar-refractivity contribution >= 4 is 13.5 Å². The van der Waals surface area contributed by atoms with Gasteiger partial charge in [0.05, 0.1) is 18.1 Å². The van der Waals surface area contributed by atoms with Crippen molar-refractivity contribution in [2.75, 3.05) is 13.2 Å². The first kappa shape index (κ1) is 14.8. The lowest BCUT2D eigenvalue weighted by Gasteiger charge is -2.10. The zero-order chi connectivity index (χ0) is 13.6. The van der Waals surface area contributed by atoms with Crippen LogP contribution >= 0.6 is 7.82 Å². The summed E-state index contributed by atoms with van der Waals surface area (Å²) in [5, 5.41) is 10.4. The fourth-order valence-corrected chi connectivity index (χ4v) is 1.99. The van der Waals surface area contributed by atoms with Gasteiger partial charge in [0.15, 0.2) is 0 Å². The number of phosphoric ester groups is 1.